The van der Waals surface area contributed by atoms with Crippen LogP contribution in [-0.4, -0.2) is 6.22 Å². The summed E-state index contributed by atoms with van der Waals surface area (Å²) in [4.78, 5) is 0. The molecule has 0 aliphatic carbocycles. The van der Waals surface area contributed by atoms with Crippen molar-refractivity contribution in [3.05, 3.63) is 82.9 Å². The van der Waals surface area contributed by atoms with Crippen LogP contribution in [0.1, 0.15) is 49.4 Å². The average molecular weight is 564 g/mol. The van der Waals surface area contributed by atoms with E-state index in [0.717, 1.165) is 12.8 Å². The maximum absolute atomic E-state index is 2.30. The Bertz CT molecular complexity index is 955. The van der Waals surface area contributed by atoms with Crippen LogP contribution in [0.3, 0.4) is 0 Å². The van der Waals surface area contributed by atoms with Gasteiger partial charge in [0, 0.05) is 0 Å². The van der Waals surface area contributed by atoms with Gasteiger partial charge < -0.3 is 0 Å². The van der Waals surface area contributed by atoms with Crippen molar-refractivity contribution in [2.75, 3.05) is 0 Å². The van der Waals surface area contributed by atoms with Crippen molar-refractivity contribution in [3.63, 3.8) is 0 Å². The predicted molar refractivity (Wildman–Crippen MR) is 128 cm³/mol. The Kier molecular flexibility index (Phi) is 10.3. The topological polar surface area (TPSA) is 0 Å². The van der Waals surface area contributed by atoms with E-state index in [-0.39, 0.29) is 0 Å². The molecule has 0 fully saturated rings. The van der Waals surface area contributed by atoms with Gasteiger partial charge in [-0.2, -0.15) is 12.1 Å². The first-order valence-corrected chi connectivity index (χ1v) is 17.3. The molecule has 0 heterocycles. The second-order valence-corrected chi connectivity index (χ2v) is 12.2. The van der Waals surface area contributed by atoms with Crippen molar-refractivity contribution in [2.45, 2.75) is 59.9 Å². The summed E-state index contributed by atoms with van der Waals surface area (Å²) in [5.74, 6) is 0. The van der Waals surface area contributed by atoms with E-state index in [4.69, 9.17) is 0 Å². The van der Waals surface area contributed by atoms with E-state index in [2.05, 4.69) is 95.3 Å². The molecule has 0 aromatic heterocycles. The van der Waals surface area contributed by atoms with Gasteiger partial charge in [-0.3, -0.25) is 0 Å². The Balaban J connectivity index is 0.000000170. The molecule has 0 spiro atoms. The molecule has 0 amide bonds. The van der Waals surface area contributed by atoms with Crippen LogP contribution < -0.4 is 0 Å². The molecule has 0 aliphatic heterocycles. The maximum atomic E-state index is 2.30. The van der Waals surface area contributed by atoms with Crippen molar-refractivity contribution in [1.29, 1.82) is 0 Å². The van der Waals surface area contributed by atoms with Gasteiger partial charge in [0.2, 0.25) is 0 Å². The van der Waals surface area contributed by atoms with E-state index >= 15 is 0 Å². The maximum Gasteiger partial charge on any atom is -0.0487 e. The molecule has 4 aromatic rings. The number of aryl methyl sites for hydroxylation is 4. The second kappa shape index (κ2) is 12.4. The third kappa shape index (κ3) is 6.89. The van der Waals surface area contributed by atoms with Crippen molar-refractivity contribution >= 4 is 27.8 Å². The number of hydrogen-bond acceptors (Lipinski definition) is 0. The van der Waals surface area contributed by atoms with Crippen molar-refractivity contribution in [2.24, 2.45) is 0 Å². The molecule has 0 aliphatic rings. The Labute approximate surface area is 192 Å². The summed E-state index contributed by atoms with van der Waals surface area (Å²) in [7, 11) is 0. The standard InChI is InChI=1S/2C12H13.C3H7Si.Hf/c2*1-3-10-7-11-6-4-5-9(2)12(11)8-10;1-2-3-4;/h2*4-8H,3H2,1-2H3;2-3H2,1H3;/q2*-1;;+2. The Morgan fingerprint density at radius 1 is 0.759 bits per heavy atom. The zero-order chi connectivity index (χ0) is 21.2. The number of fused-ring (bicyclic) bond motifs is 2. The van der Waals surface area contributed by atoms with Gasteiger partial charge in [-0.1, -0.05) is 37.1 Å². The van der Waals surface area contributed by atoms with Gasteiger partial charge in [0.25, 0.3) is 0 Å². The fourth-order valence-corrected chi connectivity index (χ4v) is 6.38. The number of rotatable bonds is 4. The summed E-state index contributed by atoms with van der Waals surface area (Å²) in [6.45, 7) is 11.0. The van der Waals surface area contributed by atoms with Gasteiger partial charge in [-0.05, 0) is 26.7 Å². The van der Waals surface area contributed by atoms with Crippen LogP contribution in [0.5, 0.6) is 0 Å². The molecule has 1 radical (unpaired) electrons. The molecule has 0 saturated heterocycles. The molecular weight excluding hydrogens is 531 g/mol. The molecule has 0 atom stereocenters. The van der Waals surface area contributed by atoms with E-state index in [1.807, 2.05) is 0 Å². The molecule has 0 nitrogen and oxygen atoms in total. The van der Waals surface area contributed by atoms with Gasteiger partial charge in [-0.15, -0.1) is 69.1 Å². The largest absolute Gasteiger partial charge is 0.165 e. The third-order valence-electron chi connectivity index (χ3n) is 5.25. The van der Waals surface area contributed by atoms with E-state index in [1.54, 1.807) is 0 Å². The van der Waals surface area contributed by atoms with Crippen molar-refractivity contribution < 1.29 is 23.0 Å². The van der Waals surface area contributed by atoms with Crippen molar-refractivity contribution in [3.8, 4) is 0 Å². The molecule has 0 unspecified atom stereocenters. The SMILES string of the molecule is CCC[Si]=[Hf+2].CCc1cc2c(C)cccc2[cH-]1.CCc1cc2c(C)cccc2[cH-]1. The summed E-state index contributed by atoms with van der Waals surface area (Å²) >= 11 is 1.43. The van der Waals surface area contributed by atoms with E-state index in [9.17, 15) is 0 Å². The van der Waals surface area contributed by atoms with Crippen LogP contribution in [0.25, 0.3) is 21.5 Å². The smallest absolute Gasteiger partial charge is 0.0487 e. The fourth-order valence-electron chi connectivity index (χ4n) is 3.44. The molecule has 4 rings (SSSR count). The zero-order valence-electron chi connectivity index (χ0n) is 18.6. The van der Waals surface area contributed by atoms with E-state index < -0.39 is 0 Å². The Morgan fingerprint density at radius 3 is 1.48 bits per heavy atom. The quantitative estimate of drug-likeness (QED) is 0.175. The second-order valence-electron chi connectivity index (χ2n) is 7.52. The van der Waals surface area contributed by atoms with Crippen LogP contribution in [0.15, 0.2) is 60.7 Å². The first-order chi connectivity index (χ1) is 14.0. The van der Waals surface area contributed by atoms with Gasteiger partial charge in [-0.25, -0.2) is 0 Å². The molecule has 0 bridgehead atoms. The molecule has 0 saturated carbocycles. The molecule has 149 valence electrons. The molecular formula is C27H33HfSi. The minimum Gasteiger partial charge on any atom is -0.165 e. The molecule has 4 aromatic carbocycles. The van der Waals surface area contributed by atoms with Gasteiger partial charge in [0.05, 0.1) is 0 Å². The monoisotopic (exact) mass is 565 g/mol. The van der Waals surface area contributed by atoms with Crippen LogP contribution >= 0.6 is 0 Å². The molecule has 29 heavy (non-hydrogen) atoms. The summed E-state index contributed by atoms with van der Waals surface area (Å²) in [5, 5.41) is 5.59. The number of benzene rings is 2. The number of hydrogen-bond donors (Lipinski definition) is 0. The van der Waals surface area contributed by atoms with Gasteiger partial charge in [0.1, 0.15) is 0 Å². The summed E-state index contributed by atoms with van der Waals surface area (Å²) in [6.07, 6.45) is 4.95. The average Bonchev–Trinajstić information content (AvgIpc) is 3.35. The Hall–Kier alpha value is -1.25. The summed E-state index contributed by atoms with van der Waals surface area (Å²) in [6, 6.07) is 23.6. The summed E-state index contributed by atoms with van der Waals surface area (Å²) < 4.78 is 0. The normalized spacial score (nSPS) is 10.3. The zero-order valence-corrected chi connectivity index (χ0v) is 23.2. The fraction of sp³-hybridized carbons (Fsp3) is 0.333. The van der Waals surface area contributed by atoms with Crippen LogP contribution in [0.2, 0.25) is 6.04 Å². The van der Waals surface area contributed by atoms with Crippen molar-refractivity contribution in [1.82, 2.24) is 0 Å². The minimum atomic E-state index is 1.13. The van der Waals surface area contributed by atoms with Gasteiger partial charge >= 0.3 is 48.6 Å². The first kappa shape index (κ1) is 24.0. The Morgan fingerprint density at radius 2 is 1.21 bits per heavy atom. The van der Waals surface area contributed by atoms with Crippen LogP contribution in [-0.2, 0) is 35.8 Å². The van der Waals surface area contributed by atoms with Crippen LogP contribution in [0, 0.1) is 13.8 Å². The third-order valence-corrected chi connectivity index (χ3v) is 8.69. The van der Waals surface area contributed by atoms with Crippen LogP contribution in [0.4, 0.5) is 0 Å². The van der Waals surface area contributed by atoms with E-state index in [0.29, 0.717) is 0 Å². The molecule has 2 heteroatoms. The van der Waals surface area contributed by atoms with Gasteiger partial charge in [0.15, 0.2) is 0 Å². The minimum absolute atomic E-state index is 1.13. The predicted octanol–water partition coefficient (Wildman–Crippen LogP) is 7.84. The van der Waals surface area contributed by atoms with E-state index in [1.165, 1.54) is 85.5 Å². The first-order valence-electron chi connectivity index (χ1n) is 10.7. The summed E-state index contributed by atoms with van der Waals surface area (Å²) in [5.41, 5.74) is 5.65. The molecule has 0 N–H and O–H groups in total.